The number of ether oxygens (including phenoxy) is 1. The third-order valence-electron chi connectivity index (χ3n) is 6.26. The van der Waals surface area contributed by atoms with Gasteiger partial charge in [-0.15, -0.1) is 0 Å². The molecule has 1 aliphatic rings. The summed E-state index contributed by atoms with van der Waals surface area (Å²) in [6, 6.07) is 15.7. The van der Waals surface area contributed by atoms with Crippen LogP contribution in [-0.2, 0) is 10.3 Å². The van der Waals surface area contributed by atoms with Crippen molar-refractivity contribution in [1.29, 1.82) is 0 Å². The third-order valence-corrected chi connectivity index (χ3v) is 6.26. The van der Waals surface area contributed by atoms with Crippen LogP contribution in [0.15, 0.2) is 66.7 Å². The van der Waals surface area contributed by atoms with E-state index in [0.29, 0.717) is 29.7 Å². The Morgan fingerprint density at radius 3 is 2.36 bits per heavy atom. The van der Waals surface area contributed by atoms with Crippen LogP contribution >= 0.6 is 0 Å². The topological polar surface area (TPSA) is 49.8 Å². The minimum Gasteiger partial charge on any atom is -0.438 e. The highest BCUT2D eigenvalue weighted by molar-refractivity contribution is 5.73. The van der Waals surface area contributed by atoms with E-state index >= 15 is 0 Å². The van der Waals surface area contributed by atoms with Gasteiger partial charge in [-0.1, -0.05) is 36.4 Å². The minimum absolute atomic E-state index is 0.184. The molecule has 1 heterocycles. The van der Waals surface area contributed by atoms with Gasteiger partial charge in [0.2, 0.25) is 0 Å². The van der Waals surface area contributed by atoms with Crippen molar-refractivity contribution in [2.75, 3.05) is 13.2 Å². The molecule has 0 spiro atoms. The largest absolute Gasteiger partial charge is 0.438 e. The predicted molar refractivity (Wildman–Crippen MR) is 118 cm³/mol. The van der Waals surface area contributed by atoms with Gasteiger partial charge in [0.05, 0.1) is 6.04 Å². The molecule has 1 amide bonds. The number of aliphatic hydroxyl groups excluding tert-OH is 1. The zero-order chi connectivity index (χ0) is 23.6. The van der Waals surface area contributed by atoms with Crippen molar-refractivity contribution in [1.82, 2.24) is 4.90 Å². The van der Waals surface area contributed by atoms with Crippen LogP contribution in [0.3, 0.4) is 0 Å². The molecular weight excluding hydrogens is 431 g/mol. The molecule has 0 aromatic heterocycles. The van der Waals surface area contributed by atoms with Crippen molar-refractivity contribution in [2.45, 2.75) is 31.4 Å². The zero-order valence-corrected chi connectivity index (χ0v) is 18.1. The van der Waals surface area contributed by atoms with E-state index in [4.69, 9.17) is 4.74 Å². The van der Waals surface area contributed by atoms with E-state index in [0.717, 1.165) is 6.07 Å². The zero-order valence-electron chi connectivity index (χ0n) is 18.1. The molecule has 33 heavy (non-hydrogen) atoms. The summed E-state index contributed by atoms with van der Waals surface area (Å²) in [5, 5.41) is 9.61. The number of hydrogen-bond donors (Lipinski definition) is 1. The van der Waals surface area contributed by atoms with Gasteiger partial charge < -0.3 is 14.7 Å². The average molecular weight is 455 g/mol. The van der Waals surface area contributed by atoms with Crippen LogP contribution in [0.1, 0.15) is 36.9 Å². The smallest absolute Gasteiger partial charge is 0.411 e. The maximum absolute atomic E-state index is 14.5. The van der Waals surface area contributed by atoms with Crippen molar-refractivity contribution in [2.24, 2.45) is 0 Å². The summed E-state index contributed by atoms with van der Waals surface area (Å²) in [7, 11) is 0. The van der Waals surface area contributed by atoms with E-state index in [9.17, 15) is 23.1 Å². The molecule has 1 fully saturated rings. The van der Waals surface area contributed by atoms with Gasteiger partial charge in [-0.05, 0) is 47.9 Å². The molecule has 3 aromatic rings. The lowest BCUT2D eigenvalue weighted by Crippen LogP contribution is -2.49. The number of carbonyl (C=O) groups is 1. The van der Waals surface area contributed by atoms with Crippen LogP contribution in [0.2, 0.25) is 0 Å². The number of benzene rings is 3. The van der Waals surface area contributed by atoms with Gasteiger partial charge in [0.1, 0.15) is 23.1 Å². The van der Waals surface area contributed by atoms with E-state index < -0.39 is 35.2 Å². The molecule has 0 radical (unpaired) electrons. The lowest BCUT2D eigenvalue weighted by molar-refractivity contribution is -0.0718. The molecule has 0 aliphatic carbocycles. The van der Waals surface area contributed by atoms with Gasteiger partial charge in [0.15, 0.2) is 0 Å². The van der Waals surface area contributed by atoms with Gasteiger partial charge in [0.25, 0.3) is 0 Å². The van der Waals surface area contributed by atoms with Crippen LogP contribution in [0.4, 0.5) is 18.0 Å². The second-order valence-electron chi connectivity index (χ2n) is 8.17. The minimum atomic E-state index is -1.06. The Hall–Kier alpha value is -3.32. The van der Waals surface area contributed by atoms with Gasteiger partial charge in [-0.2, -0.15) is 0 Å². The van der Waals surface area contributed by atoms with Gasteiger partial charge in [-0.25, -0.2) is 18.0 Å². The number of hydrogen-bond acceptors (Lipinski definition) is 3. The molecule has 3 aromatic carbocycles. The number of rotatable bonds is 6. The Morgan fingerprint density at radius 2 is 1.70 bits per heavy atom. The van der Waals surface area contributed by atoms with Gasteiger partial charge in [-0.3, -0.25) is 0 Å². The molecule has 2 atom stereocenters. The molecule has 1 unspecified atom stereocenters. The molecular formula is C26H24F3NO3. The molecule has 1 N–H and O–H groups in total. The molecule has 0 saturated carbocycles. The Kier molecular flexibility index (Phi) is 6.42. The summed E-state index contributed by atoms with van der Waals surface area (Å²) in [5.41, 5.74) is 1.05. The van der Waals surface area contributed by atoms with Gasteiger partial charge in [0, 0.05) is 37.6 Å². The highest BCUT2D eigenvalue weighted by atomic mass is 19.1. The maximum atomic E-state index is 14.5. The van der Waals surface area contributed by atoms with Crippen molar-refractivity contribution < 1.29 is 27.8 Å². The first-order chi connectivity index (χ1) is 15.8. The molecule has 7 heteroatoms. The second kappa shape index (κ2) is 9.27. The summed E-state index contributed by atoms with van der Waals surface area (Å²) in [6.45, 7) is 1.93. The first kappa shape index (κ1) is 22.9. The Balaban J connectivity index is 1.63. The number of amides is 1. The summed E-state index contributed by atoms with van der Waals surface area (Å²) in [5.74, 6) is -1.75. The SMILES string of the molecule is C[C@@H](c1ccccc1-c1ccc(F)cc1F)N1CCC(CCO)(c2ccc(F)cc2)OC1=O. The van der Waals surface area contributed by atoms with E-state index in [2.05, 4.69) is 0 Å². The third kappa shape index (κ3) is 4.46. The van der Waals surface area contributed by atoms with E-state index in [1.54, 1.807) is 41.3 Å². The molecule has 4 nitrogen and oxygen atoms in total. The summed E-state index contributed by atoms with van der Waals surface area (Å²) in [4.78, 5) is 14.7. The molecule has 1 saturated heterocycles. The molecule has 4 rings (SSSR count). The summed E-state index contributed by atoms with van der Waals surface area (Å²) < 4.78 is 47.2. The van der Waals surface area contributed by atoms with E-state index in [-0.39, 0.29) is 18.6 Å². The molecule has 172 valence electrons. The highest BCUT2D eigenvalue weighted by Gasteiger charge is 2.43. The Bertz CT molecular complexity index is 1150. The first-order valence-electron chi connectivity index (χ1n) is 10.8. The van der Waals surface area contributed by atoms with Crippen molar-refractivity contribution in [3.63, 3.8) is 0 Å². The average Bonchev–Trinajstić information content (AvgIpc) is 2.79. The highest BCUT2D eigenvalue weighted by Crippen LogP contribution is 2.41. The lowest BCUT2D eigenvalue weighted by atomic mass is 9.85. The van der Waals surface area contributed by atoms with E-state index in [1.807, 2.05) is 6.92 Å². The number of cyclic esters (lactones) is 1. The first-order valence-corrected chi connectivity index (χ1v) is 10.8. The fourth-order valence-corrected chi connectivity index (χ4v) is 4.46. The Morgan fingerprint density at radius 1 is 1.00 bits per heavy atom. The van der Waals surface area contributed by atoms with Crippen LogP contribution in [-0.4, -0.2) is 29.3 Å². The predicted octanol–water partition coefficient (Wildman–Crippen LogP) is 5.95. The summed E-state index contributed by atoms with van der Waals surface area (Å²) in [6.07, 6.45) is -0.00678. The number of nitrogens with zero attached hydrogens (tertiary/aromatic N) is 1. The monoisotopic (exact) mass is 455 g/mol. The normalized spacial score (nSPS) is 19.3. The lowest BCUT2D eigenvalue weighted by Gasteiger charge is -2.43. The maximum Gasteiger partial charge on any atom is 0.411 e. The van der Waals surface area contributed by atoms with Crippen molar-refractivity contribution >= 4 is 6.09 Å². The van der Waals surface area contributed by atoms with Crippen LogP contribution < -0.4 is 0 Å². The molecule has 1 aliphatic heterocycles. The van der Waals surface area contributed by atoms with Crippen molar-refractivity contribution in [3.05, 3.63) is 95.3 Å². The van der Waals surface area contributed by atoms with Crippen molar-refractivity contribution in [3.8, 4) is 11.1 Å². The standard InChI is InChI=1S/C26H24F3NO3/c1-17(21-4-2-3-5-22(21)23-11-10-20(28)16-24(23)29)30-14-12-26(13-15-31,33-25(30)32)18-6-8-19(27)9-7-18/h2-11,16-17,31H,12-15H2,1H3/t17-,26?/m0/s1. The van der Waals surface area contributed by atoms with Crippen LogP contribution in [0.5, 0.6) is 0 Å². The van der Waals surface area contributed by atoms with E-state index in [1.165, 1.54) is 24.3 Å². The fraction of sp³-hybridized carbons (Fsp3) is 0.269. The number of halogens is 3. The van der Waals surface area contributed by atoms with Crippen LogP contribution in [0, 0.1) is 17.5 Å². The fourth-order valence-electron chi connectivity index (χ4n) is 4.46. The Labute approximate surface area is 190 Å². The van der Waals surface area contributed by atoms with Gasteiger partial charge >= 0.3 is 6.09 Å². The second-order valence-corrected chi connectivity index (χ2v) is 8.17. The number of aliphatic hydroxyl groups is 1. The number of carbonyl (C=O) groups excluding carboxylic acids is 1. The molecule has 0 bridgehead atoms. The quantitative estimate of drug-likeness (QED) is 0.500. The van der Waals surface area contributed by atoms with Crippen LogP contribution in [0.25, 0.3) is 11.1 Å². The summed E-state index contributed by atoms with van der Waals surface area (Å²) >= 11 is 0.